The third-order valence-electron chi connectivity index (χ3n) is 2.57. The molecule has 0 saturated carbocycles. The number of halogens is 1. The lowest BCUT2D eigenvalue weighted by atomic mass is 10.2. The highest BCUT2D eigenvalue weighted by Crippen LogP contribution is 2.11. The van der Waals surface area contributed by atoms with Crippen molar-refractivity contribution >= 4 is 15.9 Å². The van der Waals surface area contributed by atoms with Gasteiger partial charge in [0.25, 0.3) is 0 Å². The van der Waals surface area contributed by atoms with E-state index in [1.165, 1.54) is 37.7 Å². The number of hydrogen-bond donors (Lipinski definition) is 0. The highest BCUT2D eigenvalue weighted by Gasteiger charge is 1.94. The van der Waals surface area contributed by atoms with Crippen molar-refractivity contribution in [3.63, 3.8) is 0 Å². The quantitative estimate of drug-likeness (QED) is 0.615. The normalized spacial score (nSPS) is 10.6. The standard InChI is InChI=1S/C14H21BrO/c1-2-3-4-5-6-11-16-12-13-7-9-14(15)10-8-13/h7-10H,2-6,11-12H2,1H3. The average Bonchev–Trinajstić information content (AvgIpc) is 2.30. The van der Waals surface area contributed by atoms with E-state index in [0.29, 0.717) is 0 Å². The van der Waals surface area contributed by atoms with Crippen LogP contribution in [0.1, 0.15) is 44.6 Å². The molecule has 0 aliphatic heterocycles. The first-order chi connectivity index (χ1) is 7.83. The van der Waals surface area contributed by atoms with E-state index in [4.69, 9.17) is 4.74 Å². The summed E-state index contributed by atoms with van der Waals surface area (Å²) >= 11 is 3.42. The molecule has 0 amide bonds. The molecule has 0 unspecified atom stereocenters. The van der Waals surface area contributed by atoms with Gasteiger partial charge < -0.3 is 4.74 Å². The molecule has 0 aromatic heterocycles. The highest BCUT2D eigenvalue weighted by atomic mass is 79.9. The van der Waals surface area contributed by atoms with Gasteiger partial charge in [-0.3, -0.25) is 0 Å². The first kappa shape index (κ1) is 13.7. The lowest BCUT2D eigenvalue weighted by Crippen LogP contribution is -1.95. The molecule has 0 spiro atoms. The van der Waals surface area contributed by atoms with Gasteiger partial charge in [-0.2, -0.15) is 0 Å². The predicted octanol–water partition coefficient (Wildman–Crippen LogP) is 4.94. The van der Waals surface area contributed by atoms with Crippen molar-refractivity contribution in [2.75, 3.05) is 6.61 Å². The fraction of sp³-hybridized carbons (Fsp3) is 0.571. The molecule has 0 fully saturated rings. The van der Waals surface area contributed by atoms with Crippen molar-refractivity contribution < 1.29 is 4.74 Å². The molecule has 1 rings (SSSR count). The van der Waals surface area contributed by atoms with E-state index in [1.807, 2.05) is 0 Å². The van der Waals surface area contributed by atoms with Crippen molar-refractivity contribution in [3.05, 3.63) is 34.3 Å². The molecular weight excluding hydrogens is 264 g/mol. The summed E-state index contributed by atoms with van der Waals surface area (Å²) < 4.78 is 6.75. The van der Waals surface area contributed by atoms with Gasteiger partial charge in [0.1, 0.15) is 0 Å². The van der Waals surface area contributed by atoms with E-state index in [9.17, 15) is 0 Å². The molecule has 1 nitrogen and oxygen atoms in total. The maximum Gasteiger partial charge on any atom is 0.0716 e. The van der Waals surface area contributed by atoms with Gasteiger partial charge in [-0.05, 0) is 24.1 Å². The molecule has 0 aliphatic carbocycles. The Kier molecular flexibility index (Phi) is 7.52. The second-order valence-corrected chi connectivity index (χ2v) is 5.01. The molecule has 16 heavy (non-hydrogen) atoms. The van der Waals surface area contributed by atoms with E-state index in [-0.39, 0.29) is 0 Å². The third-order valence-corrected chi connectivity index (χ3v) is 3.10. The summed E-state index contributed by atoms with van der Waals surface area (Å²) in [6.07, 6.45) is 6.50. The van der Waals surface area contributed by atoms with Gasteiger partial charge in [0.05, 0.1) is 6.61 Å². The van der Waals surface area contributed by atoms with E-state index in [2.05, 4.69) is 47.1 Å². The van der Waals surface area contributed by atoms with Gasteiger partial charge >= 0.3 is 0 Å². The van der Waals surface area contributed by atoms with Crippen molar-refractivity contribution in [2.24, 2.45) is 0 Å². The Hall–Kier alpha value is -0.340. The molecule has 90 valence electrons. The van der Waals surface area contributed by atoms with E-state index >= 15 is 0 Å². The lowest BCUT2D eigenvalue weighted by Gasteiger charge is -2.04. The SMILES string of the molecule is CCCCCCCOCc1ccc(Br)cc1. The molecular formula is C14H21BrO. The lowest BCUT2D eigenvalue weighted by molar-refractivity contribution is 0.116. The van der Waals surface area contributed by atoms with Gasteiger partial charge in [0.15, 0.2) is 0 Å². The van der Waals surface area contributed by atoms with Crippen LogP contribution in [0.25, 0.3) is 0 Å². The van der Waals surface area contributed by atoms with Gasteiger partial charge in [0.2, 0.25) is 0 Å². The fourth-order valence-corrected chi connectivity index (χ4v) is 1.84. The number of hydrogen-bond acceptors (Lipinski definition) is 1. The van der Waals surface area contributed by atoms with Crippen LogP contribution in [0.15, 0.2) is 28.7 Å². The molecule has 0 radical (unpaired) electrons. The van der Waals surface area contributed by atoms with Crippen molar-refractivity contribution in [3.8, 4) is 0 Å². The predicted molar refractivity (Wildman–Crippen MR) is 72.6 cm³/mol. The van der Waals surface area contributed by atoms with E-state index in [1.54, 1.807) is 0 Å². The second kappa shape index (κ2) is 8.77. The Morgan fingerprint density at radius 2 is 1.69 bits per heavy atom. The zero-order valence-corrected chi connectivity index (χ0v) is 11.6. The molecule has 0 aliphatic rings. The smallest absolute Gasteiger partial charge is 0.0716 e. The summed E-state index contributed by atoms with van der Waals surface area (Å²) in [6.45, 7) is 3.87. The Labute approximate surface area is 107 Å². The summed E-state index contributed by atoms with van der Waals surface area (Å²) in [7, 11) is 0. The number of ether oxygens (including phenoxy) is 1. The summed E-state index contributed by atoms with van der Waals surface area (Å²) in [4.78, 5) is 0. The van der Waals surface area contributed by atoms with Gasteiger partial charge in [-0.15, -0.1) is 0 Å². The van der Waals surface area contributed by atoms with Crippen LogP contribution in [0.2, 0.25) is 0 Å². The van der Waals surface area contributed by atoms with Crippen LogP contribution in [0.4, 0.5) is 0 Å². The van der Waals surface area contributed by atoms with E-state index < -0.39 is 0 Å². The molecule has 0 bridgehead atoms. The topological polar surface area (TPSA) is 9.23 Å². The number of benzene rings is 1. The summed E-state index contributed by atoms with van der Waals surface area (Å²) in [6, 6.07) is 8.31. The average molecular weight is 285 g/mol. The van der Waals surface area contributed by atoms with Crippen molar-refractivity contribution in [2.45, 2.75) is 45.6 Å². The van der Waals surface area contributed by atoms with Crippen LogP contribution < -0.4 is 0 Å². The van der Waals surface area contributed by atoms with Crippen LogP contribution in [0.5, 0.6) is 0 Å². The number of unbranched alkanes of at least 4 members (excludes halogenated alkanes) is 4. The zero-order chi connectivity index (χ0) is 11.6. The molecule has 0 saturated heterocycles. The molecule has 0 N–H and O–H groups in total. The summed E-state index contributed by atoms with van der Waals surface area (Å²) in [5, 5.41) is 0. The molecule has 1 aromatic rings. The second-order valence-electron chi connectivity index (χ2n) is 4.09. The zero-order valence-electron chi connectivity index (χ0n) is 10.0. The van der Waals surface area contributed by atoms with Crippen LogP contribution in [-0.2, 0) is 11.3 Å². The number of rotatable bonds is 8. The van der Waals surface area contributed by atoms with Crippen LogP contribution in [0, 0.1) is 0 Å². The Morgan fingerprint density at radius 3 is 2.38 bits per heavy atom. The minimum Gasteiger partial charge on any atom is -0.377 e. The summed E-state index contributed by atoms with van der Waals surface area (Å²) in [5.74, 6) is 0. The Balaban J connectivity index is 2.01. The minimum absolute atomic E-state index is 0.737. The maximum absolute atomic E-state index is 5.62. The maximum atomic E-state index is 5.62. The van der Waals surface area contributed by atoms with Crippen LogP contribution in [-0.4, -0.2) is 6.61 Å². The first-order valence-corrected chi connectivity index (χ1v) is 6.94. The third kappa shape index (κ3) is 6.29. The molecule has 1 aromatic carbocycles. The minimum atomic E-state index is 0.737. The van der Waals surface area contributed by atoms with Crippen LogP contribution in [0.3, 0.4) is 0 Å². The molecule has 2 heteroatoms. The monoisotopic (exact) mass is 284 g/mol. The Morgan fingerprint density at radius 1 is 1.00 bits per heavy atom. The first-order valence-electron chi connectivity index (χ1n) is 6.15. The largest absolute Gasteiger partial charge is 0.377 e. The van der Waals surface area contributed by atoms with Gasteiger partial charge in [0, 0.05) is 11.1 Å². The van der Waals surface area contributed by atoms with Gasteiger partial charge in [-0.25, -0.2) is 0 Å². The molecule has 0 atom stereocenters. The van der Waals surface area contributed by atoms with Gasteiger partial charge in [-0.1, -0.05) is 60.7 Å². The van der Waals surface area contributed by atoms with E-state index in [0.717, 1.165) is 17.7 Å². The van der Waals surface area contributed by atoms with Crippen molar-refractivity contribution in [1.29, 1.82) is 0 Å². The molecule has 0 heterocycles. The van der Waals surface area contributed by atoms with Crippen LogP contribution >= 0.6 is 15.9 Å². The fourth-order valence-electron chi connectivity index (χ4n) is 1.58. The summed E-state index contributed by atoms with van der Waals surface area (Å²) in [5.41, 5.74) is 1.25. The Bertz CT molecular complexity index is 269. The van der Waals surface area contributed by atoms with Crippen molar-refractivity contribution in [1.82, 2.24) is 0 Å². The highest BCUT2D eigenvalue weighted by molar-refractivity contribution is 9.10.